The molecule has 0 amide bonds. The minimum atomic E-state index is -0.835. The van der Waals surface area contributed by atoms with Gasteiger partial charge in [0.2, 0.25) is 0 Å². The maximum absolute atomic E-state index is 11.1. The lowest BCUT2D eigenvalue weighted by Gasteiger charge is -2.25. The minimum Gasteiger partial charge on any atom is -0.478 e. The Bertz CT molecular complexity index is 470. The molecule has 20 heavy (non-hydrogen) atoms. The van der Waals surface area contributed by atoms with Crippen molar-refractivity contribution in [3.8, 4) is 0 Å². The van der Waals surface area contributed by atoms with Gasteiger partial charge in [0, 0.05) is 18.8 Å². The van der Waals surface area contributed by atoms with E-state index in [9.17, 15) is 4.79 Å². The predicted octanol–water partition coefficient (Wildman–Crippen LogP) is 3.96. The first-order chi connectivity index (χ1) is 9.65. The molecule has 3 nitrogen and oxygen atoms in total. The Morgan fingerprint density at radius 2 is 2.20 bits per heavy atom. The molecule has 3 heteroatoms. The van der Waals surface area contributed by atoms with Gasteiger partial charge in [0.15, 0.2) is 0 Å². The average Bonchev–Trinajstić information content (AvgIpc) is 2.85. The van der Waals surface area contributed by atoms with Gasteiger partial charge in [-0.25, -0.2) is 4.79 Å². The third-order valence-electron chi connectivity index (χ3n) is 4.35. The molecule has 0 spiro atoms. The molecule has 0 radical (unpaired) electrons. The van der Waals surface area contributed by atoms with Crippen LogP contribution < -0.4 is 4.90 Å². The number of rotatable bonds is 7. The molecule has 1 aliphatic rings. The van der Waals surface area contributed by atoms with Crippen LogP contribution in [-0.4, -0.2) is 24.2 Å². The van der Waals surface area contributed by atoms with Crippen LogP contribution >= 0.6 is 0 Å². The van der Waals surface area contributed by atoms with E-state index in [4.69, 9.17) is 5.11 Å². The van der Waals surface area contributed by atoms with E-state index in [0.717, 1.165) is 31.1 Å². The molecule has 1 unspecified atom stereocenters. The summed E-state index contributed by atoms with van der Waals surface area (Å²) < 4.78 is 0. The number of nitrogens with zero attached hydrogens (tertiary/aromatic N) is 1. The molecule has 110 valence electrons. The lowest BCUT2D eigenvalue weighted by molar-refractivity contribution is 0.0697. The highest BCUT2D eigenvalue weighted by Gasteiger charge is 2.22. The largest absolute Gasteiger partial charge is 0.478 e. The van der Waals surface area contributed by atoms with Crippen molar-refractivity contribution in [2.45, 2.75) is 46.0 Å². The second-order valence-electron chi connectivity index (χ2n) is 5.76. The smallest absolute Gasteiger partial charge is 0.335 e. The predicted molar refractivity (Wildman–Crippen MR) is 82.6 cm³/mol. The lowest BCUT2D eigenvalue weighted by atomic mass is 9.98. The van der Waals surface area contributed by atoms with Gasteiger partial charge in [-0.1, -0.05) is 39.2 Å². The number of fused-ring (bicyclic) bond motifs is 1. The zero-order valence-corrected chi connectivity index (χ0v) is 12.6. The summed E-state index contributed by atoms with van der Waals surface area (Å²) in [6.45, 7) is 6.58. The maximum atomic E-state index is 11.1. The minimum absolute atomic E-state index is 0.400. The van der Waals surface area contributed by atoms with Gasteiger partial charge in [-0.3, -0.25) is 0 Å². The van der Waals surface area contributed by atoms with E-state index < -0.39 is 5.97 Å². The van der Waals surface area contributed by atoms with Gasteiger partial charge in [0.25, 0.3) is 0 Å². The molecule has 1 aromatic carbocycles. The van der Waals surface area contributed by atoms with Crippen molar-refractivity contribution in [3.63, 3.8) is 0 Å². The summed E-state index contributed by atoms with van der Waals surface area (Å²) in [5.74, 6) is -0.118. The summed E-state index contributed by atoms with van der Waals surface area (Å²) >= 11 is 0. The number of hydrogen-bond acceptors (Lipinski definition) is 2. The number of unbranched alkanes of at least 4 members (excludes halogenated alkanes) is 1. The molecule has 0 fully saturated rings. The van der Waals surface area contributed by atoms with Crippen molar-refractivity contribution in [1.82, 2.24) is 0 Å². The van der Waals surface area contributed by atoms with E-state index in [0.29, 0.717) is 5.56 Å². The first-order valence-electron chi connectivity index (χ1n) is 7.76. The average molecular weight is 275 g/mol. The molecule has 1 heterocycles. The second-order valence-corrected chi connectivity index (χ2v) is 5.76. The molecule has 0 saturated heterocycles. The topological polar surface area (TPSA) is 40.5 Å². The Kier molecular flexibility index (Phi) is 5.05. The van der Waals surface area contributed by atoms with Crippen LogP contribution in [0, 0.1) is 5.92 Å². The Morgan fingerprint density at radius 3 is 2.85 bits per heavy atom. The summed E-state index contributed by atoms with van der Waals surface area (Å²) in [5.41, 5.74) is 2.83. The molecule has 0 aromatic heterocycles. The second kappa shape index (κ2) is 6.78. The van der Waals surface area contributed by atoms with Crippen LogP contribution in [-0.2, 0) is 6.42 Å². The molecule has 0 bridgehead atoms. The normalized spacial score (nSPS) is 15.2. The highest BCUT2D eigenvalue weighted by molar-refractivity contribution is 5.89. The first-order valence-corrected chi connectivity index (χ1v) is 7.76. The van der Waals surface area contributed by atoms with Crippen molar-refractivity contribution in [2.24, 2.45) is 5.92 Å². The van der Waals surface area contributed by atoms with Gasteiger partial charge in [-0.05, 0) is 36.5 Å². The highest BCUT2D eigenvalue weighted by Crippen LogP contribution is 2.30. The van der Waals surface area contributed by atoms with Gasteiger partial charge in [-0.15, -0.1) is 0 Å². The summed E-state index contributed by atoms with van der Waals surface area (Å²) in [5, 5.41) is 9.13. The number of carboxylic acids is 1. The Hall–Kier alpha value is -1.51. The van der Waals surface area contributed by atoms with Crippen LogP contribution in [0.25, 0.3) is 0 Å². The highest BCUT2D eigenvalue weighted by atomic mass is 16.4. The molecular formula is C17H25NO2. The Morgan fingerprint density at radius 1 is 1.40 bits per heavy atom. The molecular weight excluding hydrogens is 250 g/mol. The number of carbonyl (C=O) groups is 1. The van der Waals surface area contributed by atoms with Gasteiger partial charge in [0.1, 0.15) is 0 Å². The van der Waals surface area contributed by atoms with E-state index in [1.165, 1.54) is 31.2 Å². The zero-order valence-electron chi connectivity index (χ0n) is 12.6. The summed E-state index contributed by atoms with van der Waals surface area (Å²) in [4.78, 5) is 13.5. The van der Waals surface area contributed by atoms with Crippen LogP contribution in [0.15, 0.2) is 18.2 Å². The summed E-state index contributed by atoms with van der Waals surface area (Å²) in [7, 11) is 0. The van der Waals surface area contributed by atoms with Gasteiger partial charge < -0.3 is 10.0 Å². The fourth-order valence-corrected chi connectivity index (χ4v) is 3.00. The molecule has 1 N–H and O–H groups in total. The van der Waals surface area contributed by atoms with E-state index in [1.54, 1.807) is 6.07 Å². The monoisotopic (exact) mass is 275 g/mol. The third-order valence-corrected chi connectivity index (χ3v) is 4.35. The van der Waals surface area contributed by atoms with Crippen molar-refractivity contribution in [3.05, 3.63) is 29.3 Å². The maximum Gasteiger partial charge on any atom is 0.335 e. The van der Waals surface area contributed by atoms with Gasteiger partial charge >= 0.3 is 5.97 Å². The van der Waals surface area contributed by atoms with E-state index in [1.807, 2.05) is 12.1 Å². The van der Waals surface area contributed by atoms with Crippen molar-refractivity contribution < 1.29 is 9.90 Å². The quantitative estimate of drug-likeness (QED) is 0.818. The number of hydrogen-bond donors (Lipinski definition) is 1. The van der Waals surface area contributed by atoms with E-state index in [-0.39, 0.29) is 0 Å². The molecule has 0 aliphatic carbocycles. The van der Waals surface area contributed by atoms with Crippen LogP contribution in [0.1, 0.15) is 55.5 Å². The van der Waals surface area contributed by atoms with Crippen molar-refractivity contribution >= 4 is 11.7 Å². The number of carboxylic acid groups (broad SMARTS) is 1. The first kappa shape index (κ1) is 14.9. The lowest BCUT2D eigenvalue weighted by Crippen LogP contribution is -2.27. The number of aromatic carboxylic acids is 1. The van der Waals surface area contributed by atoms with E-state index >= 15 is 0 Å². The molecule has 1 aliphatic heterocycles. The molecule has 2 rings (SSSR count). The standard InChI is InChI=1S/C17H25NO2/c1-3-5-6-13(4-2)12-18-10-9-14-7-8-15(17(19)20)11-16(14)18/h7-8,11,13H,3-6,9-10,12H2,1-2H3,(H,19,20). The number of anilines is 1. The Balaban J connectivity index is 2.09. The van der Waals surface area contributed by atoms with E-state index in [2.05, 4.69) is 18.7 Å². The molecule has 1 aromatic rings. The fourth-order valence-electron chi connectivity index (χ4n) is 3.00. The zero-order chi connectivity index (χ0) is 14.5. The van der Waals surface area contributed by atoms with Gasteiger partial charge in [-0.2, -0.15) is 0 Å². The van der Waals surface area contributed by atoms with Crippen molar-refractivity contribution in [1.29, 1.82) is 0 Å². The van der Waals surface area contributed by atoms with Crippen LogP contribution in [0.5, 0.6) is 0 Å². The van der Waals surface area contributed by atoms with Crippen LogP contribution in [0.3, 0.4) is 0 Å². The number of benzene rings is 1. The molecule has 1 atom stereocenters. The van der Waals surface area contributed by atoms with Gasteiger partial charge in [0.05, 0.1) is 5.56 Å². The Labute approximate surface area is 121 Å². The molecule has 0 saturated carbocycles. The van der Waals surface area contributed by atoms with Crippen LogP contribution in [0.2, 0.25) is 0 Å². The fraction of sp³-hybridized carbons (Fsp3) is 0.588. The summed E-state index contributed by atoms with van der Waals surface area (Å²) in [6, 6.07) is 5.54. The third kappa shape index (κ3) is 3.33. The SMILES string of the molecule is CCCCC(CC)CN1CCc2ccc(C(=O)O)cc21. The van der Waals surface area contributed by atoms with Crippen molar-refractivity contribution in [2.75, 3.05) is 18.0 Å². The summed E-state index contributed by atoms with van der Waals surface area (Å²) in [6.07, 6.45) is 6.05. The van der Waals surface area contributed by atoms with Crippen LogP contribution in [0.4, 0.5) is 5.69 Å².